The van der Waals surface area contributed by atoms with E-state index in [1.165, 1.54) is 26.2 Å². The van der Waals surface area contributed by atoms with E-state index in [4.69, 9.17) is 0 Å². The zero-order valence-electron chi connectivity index (χ0n) is 16.8. The van der Waals surface area contributed by atoms with Crippen LogP contribution >= 0.6 is 15.9 Å². The molecule has 0 spiro atoms. The Balaban J connectivity index is 1.62. The summed E-state index contributed by atoms with van der Waals surface area (Å²) >= 11 is 3.35. The third kappa shape index (κ3) is 4.91. The van der Waals surface area contributed by atoms with Crippen LogP contribution in [0.5, 0.6) is 0 Å². The van der Waals surface area contributed by atoms with Crippen molar-refractivity contribution >= 4 is 37.8 Å². The first kappa shape index (κ1) is 22.5. The summed E-state index contributed by atoms with van der Waals surface area (Å²) in [7, 11) is -0.528. The van der Waals surface area contributed by atoms with Gasteiger partial charge in [0.25, 0.3) is 5.91 Å². The van der Waals surface area contributed by atoms with Crippen LogP contribution in [0.4, 0.5) is 0 Å². The lowest BCUT2D eigenvalue weighted by atomic mass is 10.1. The smallest absolute Gasteiger partial charge is 0.254 e. The molecule has 1 atom stereocenters. The summed E-state index contributed by atoms with van der Waals surface area (Å²) in [5.74, 6) is -0.360. The van der Waals surface area contributed by atoms with Crippen molar-refractivity contribution in [2.45, 2.75) is 30.3 Å². The molecule has 160 valence electrons. The first-order chi connectivity index (χ1) is 14.2. The van der Waals surface area contributed by atoms with Gasteiger partial charge in [0.1, 0.15) is 6.04 Å². The first-order valence-corrected chi connectivity index (χ1v) is 11.8. The van der Waals surface area contributed by atoms with Crippen molar-refractivity contribution in [2.24, 2.45) is 0 Å². The normalized spacial score (nSPS) is 16.7. The number of carbonyl (C=O) groups is 2. The molecule has 30 heavy (non-hydrogen) atoms. The lowest BCUT2D eigenvalue weighted by Gasteiger charge is -2.24. The van der Waals surface area contributed by atoms with Gasteiger partial charge in [0.05, 0.1) is 4.90 Å². The Morgan fingerprint density at radius 2 is 1.73 bits per heavy atom. The molecular formula is C21H24BrN3O4S. The quantitative estimate of drug-likeness (QED) is 0.669. The predicted octanol–water partition coefficient (Wildman–Crippen LogP) is 2.62. The molecule has 9 heteroatoms. The average Bonchev–Trinajstić information content (AvgIpc) is 3.22. The molecule has 2 aromatic rings. The number of benzene rings is 2. The molecule has 0 aliphatic carbocycles. The number of sulfonamides is 1. The fourth-order valence-corrected chi connectivity index (χ4v) is 4.50. The molecular weight excluding hydrogens is 470 g/mol. The van der Waals surface area contributed by atoms with E-state index in [0.717, 1.165) is 20.8 Å². The standard InChI is InChI=1S/C21H24BrN3O4S/c1-24(2)30(28,29)18-11-5-15(6-12-18)14-23-20(26)19-4-3-13-25(19)21(27)16-7-9-17(22)10-8-16/h5-12,19H,3-4,13-14H2,1-2H3,(H,23,26). The monoisotopic (exact) mass is 493 g/mol. The molecule has 0 aromatic heterocycles. The van der Waals surface area contributed by atoms with Crippen LogP contribution in [-0.2, 0) is 21.4 Å². The van der Waals surface area contributed by atoms with Gasteiger partial charge in [0.2, 0.25) is 15.9 Å². The maximum Gasteiger partial charge on any atom is 0.254 e. The molecule has 0 saturated carbocycles. The molecule has 0 bridgehead atoms. The molecule has 7 nitrogen and oxygen atoms in total. The minimum atomic E-state index is -3.49. The van der Waals surface area contributed by atoms with E-state index >= 15 is 0 Å². The summed E-state index contributed by atoms with van der Waals surface area (Å²) in [5, 5.41) is 2.87. The van der Waals surface area contributed by atoms with E-state index in [1.807, 2.05) is 0 Å². The third-order valence-electron chi connectivity index (χ3n) is 5.08. The first-order valence-electron chi connectivity index (χ1n) is 9.56. The number of likely N-dealkylation sites (tertiary alicyclic amines) is 1. The maximum atomic E-state index is 12.8. The van der Waals surface area contributed by atoms with Gasteiger partial charge >= 0.3 is 0 Å². The van der Waals surface area contributed by atoms with Gasteiger partial charge in [-0.2, -0.15) is 0 Å². The molecule has 3 rings (SSSR count). The van der Waals surface area contributed by atoms with Crippen LogP contribution in [0.2, 0.25) is 0 Å². The minimum absolute atomic E-state index is 0.154. The Morgan fingerprint density at radius 3 is 2.33 bits per heavy atom. The highest BCUT2D eigenvalue weighted by atomic mass is 79.9. The molecule has 1 fully saturated rings. The van der Waals surface area contributed by atoms with E-state index in [-0.39, 0.29) is 23.3 Å². The van der Waals surface area contributed by atoms with Crippen molar-refractivity contribution in [3.8, 4) is 0 Å². The number of hydrogen-bond donors (Lipinski definition) is 1. The van der Waals surface area contributed by atoms with Gasteiger partial charge in [-0.05, 0) is 54.8 Å². The molecule has 1 unspecified atom stereocenters. The molecule has 1 aliphatic heterocycles. The Morgan fingerprint density at radius 1 is 1.10 bits per heavy atom. The van der Waals surface area contributed by atoms with Crippen molar-refractivity contribution in [1.82, 2.24) is 14.5 Å². The van der Waals surface area contributed by atoms with E-state index in [9.17, 15) is 18.0 Å². The van der Waals surface area contributed by atoms with Crippen LogP contribution in [-0.4, -0.2) is 56.1 Å². The highest BCUT2D eigenvalue weighted by Gasteiger charge is 2.34. The Kier molecular flexibility index (Phi) is 6.95. The SMILES string of the molecule is CN(C)S(=O)(=O)c1ccc(CNC(=O)C2CCCN2C(=O)c2ccc(Br)cc2)cc1. The second kappa shape index (κ2) is 9.28. The zero-order valence-corrected chi connectivity index (χ0v) is 19.2. The molecule has 2 amide bonds. The van der Waals surface area contributed by atoms with Gasteiger partial charge in [-0.25, -0.2) is 12.7 Å². The van der Waals surface area contributed by atoms with E-state index in [2.05, 4.69) is 21.2 Å². The van der Waals surface area contributed by atoms with Crippen LogP contribution < -0.4 is 5.32 Å². The number of halogens is 1. The van der Waals surface area contributed by atoms with Gasteiger partial charge in [-0.3, -0.25) is 9.59 Å². The van der Waals surface area contributed by atoms with E-state index in [1.54, 1.807) is 41.3 Å². The van der Waals surface area contributed by atoms with Crippen LogP contribution in [0.3, 0.4) is 0 Å². The van der Waals surface area contributed by atoms with Crippen molar-refractivity contribution in [2.75, 3.05) is 20.6 Å². The summed E-state index contributed by atoms with van der Waals surface area (Å²) in [6.07, 6.45) is 1.39. The Hall–Kier alpha value is -2.23. The molecule has 1 N–H and O–H groups in total. The fourth-order valence-electron chi connectivity index (χ4n) is 3.34. The van der Waals surface area contributed by atoms with E-state index < -0.39 is 16.1 Å². The minimum Gasteiger partial charge on any atom is -0.350 e. The van der Waals surface area contributed by atoms with Gasteiger partial charge < -0.3 is 10.2 Å². The summed E-state index contributed by atoms with van der Waals surface area (Å²) in [5.41, 5.74) is 1.33. The van der Waals surface area contributed by atoms with Crippen LogP contribution in [0.15, 0.2) is 57.9 Å². The largest absolute Gasteiger partial charge is 0.350 e. The number of nitrogens with zero attached hydrogens (tertiary/aromatic N) is 2. The Bertz CT molecular complexity index is 1020. The molecule has 2 aromatic carbocycles. The maximum absolute atomic E-state index is 12.8. The topological polar surface area (TPSA) is 86.8 Å². The van der Waals surface area contributed by atoms with Crippen molar-refractivity contribution in [3.05, 3.63) is 64.1 Å². The summed E-state index contributed by atoms with van der Waals surface area (Å²) in [4.78, 5) is 27.3. The van der Waals surface area contributed by atoms with Crippen molar-refractivity contribution < 1.29 is 18.0 Å². The van der Waals surface area contributed by atoms with Crippen molar-refractivity contribution in [3.63, 3.8) is 0 Å². The number of nitrogens with one attached hydrogen (secondary N) is 1. The fraction of sp³-hybridized carbons (Fsp3) is 0.333. The lowest BCUT2D eigenvalue weighted by molar-refractivity contribution is -0.125. The van der Waals surface area contributed by atoms with Gasteiger partial charge in [0, 0.05) is 37.2 Å². The van der Waals surface area contributed by atoms with Gasteiger partial charge in [0.15, 0.2) is 0 Å². The number of hydrogen-bond acceptors (Lipinski definition) is 4. The predicted molar refractivity (Wildman–Crippen MR) is 117 cm³/mol. The Labute approximate surface area is 185 Å². The van der Waals surface area contributed by atoms with Crippen LogP contribution in [0.25, 0.3) is 0 Å². The van der Waals surface area contributed by atoms with Gasteiger partial charge in [-0.15, -0.1) is 0 Å². The van der Waals surface area contributed by atoms with E-state index in [0.29, 0.717) is 18.5 Å². The molecule has 0 radical (unpaired) electrons. The molecule has 1 saturated heterocycles. The summed E-state index contributed by atoms with van der Waals surface area (Å²) in [6, 6.07) is 13.0. The van der Waals surface area contributed by atoms with Crippen molar-refractivity contribution in [1.29, 1.82) is 0 Å². The van der Waals surface area contributed by atoms with Crippen LogP contribution in [0, 0.1) is 0 Å². The zero-order chi connectivity index (χ0) is 21.9. The molecule has 1 heterocycles. The second-order valence-electron chi connectivity index (χ2n) is 7.31. The number of rotatable bonds is 6. The average molecular weight is 494 g/mol. The van der Waals surface area contributed by atoms with Gasteiger partial charge in [-0.1, -0.05) is 28.1 Å². The highest BCUT2D eigenvalue weighted by Crippen LogP contribution is 2.22. The molecule has 1 aliphatic rings. The highest BCUT2D eigenvalue weighted by molar-refractivity contribution is 9.10. The lowest BCUT2D eigenvalue weighted by Crippen LogP contribution is -2.45. The second-order valence-corrected chi connectivity index (χ2v) is 10.4. The third-order valence-corrected chi connectivity index (χ3v) is 7.43. The summed E-state index contributed by atoms with van der Waals surface area (Å²) < 4.78 is 26.3. The summed E-state index contributed by atoms with van der Waals surface area (Å²) in [6.45, 7) is 0.808. The number of amides is 2. The number of carbonyl (C=O) groups excluding carboxylic acids is 2. The van der Waals surface area contributed by atoms with Crippen LogP contribution in [0.1, 0.15) is 28.8 Å².